The van der Waals surface area contributed by atoms with E-state index >= 15 is 0 Å². The second-order valence-corrected chi connectivity index (χ2v) is 1.06. The summed E-state index contributed by atoms with van der Waals surface area (Å²) in [5, 5.41) is 31.5. The molecule has 1 N–H and O–H groups in total. The Morgan fingerprint density at radius 1 is 1.30 bits per heavy atom. The van der Waals surface area contributed by atoms with Crippen molar-refractivity contribution in [3.8, 4) is 0 Å². The molecular formula is C3H4BCuN2O3. The van der Waals surface area contributed by atoms with Crippen LogP contribution in [0.5, 0.6) is 0 Å². The molecule has 10 heavy (non-hydrogen) atoms. The fourth-order valence-corrected chi connectivity index (χ4v) is 0.215. The topological polar surface area (TPSA) is 97.9 Å². The smallest absolute Gasteiger partial charge is 0.907 e. The van der Waals surface area contributed by atoms with E-state index in [1.165, 1.54) is 0 Å². The van der Waals surface area contributed by atoms with Crippen molar-refractivity contribution < 1.29 is 32.1 Å². The van der Waals surface area contributed by atoms with Crippen LogP contribution in [0.25, 0.3) is 0 Å². The zero-order chi connectivity index (χ0) is 7.11. The van der Waals surface area contributed by atoms with Gasteiger partial charge in [-0.05, 0) is 6.07 Å². The molecule has 0 unspecified atom stereocenters. The molecule has 0 atom stereocenters. The molecule has 1 rings (SSSR count). The summed E-state index contributed by atoms with van der Waals surface area (Å²) in [4.78, 5) is 0. The number of rotatable bonds is 0. The van der Waals surface area contributed by atoms with Gasteiger partial charge >= 0.3 is 17.1 Å². The maximum Gasteiger partial charge on any atom is 3.00 e. The maximum atomic E-state index is 8.42. The largest absolute Gasteiger partial charge is 3.00 e. The second kappa shape index (κ2) is 8.67. The molecule has 1 aromatic rings. The molecule has 0 saturated carbocycles. The van der Waals surface area contributed by atoms with Gasteiger partial charge in [0.05, 0.1) is 0 Å². The average molecular weight is 190 g/mol. The van der Waals surface area contributed by atoms with Gasteiger partial charge in [0.25, 0.3) is 0 Å². The van der Waals surface area contributed by atoms with Crippen molar-refractivity contribution in [2.75, 3.05) is 0 Å². The van der Waals surface area contributed by atoms with Gasteiger partial charge in [-0.1, -0.05) is 0 Å². The molecule has 0 fully saturated rings. The van der Waals surface area contributed by atoms with E-state index < -0.39 is 7.32 Å². The molecule has 0 amide bonds. The van der Waals surface area contributed by atoms with Crippen molar-refractivity contribution in [2.24, 2.45) is 0 Å². The van der Waals surface area contributed by atoms with Crippen LogP contribution in [0.4, 0.5) is 0 Å². The number of nitrogens with one attached hydrogen (secondary N) is 1. The zero-order valence-corrected chi connectivity index (χ0v) is 5.72. The summed E-state index contributed by atoms with van der Waals surface area (Å²) in [6.45, 7) is 0. The molecule has 0 aliphatic rings. The molecule has 0 radical (unpaired) electrons. The number of H-pyrrole nitrogens is 1. The molecule has 0 aromatic carbocycles. The van der Waals surface area contributed by atoms with Crippen LogP contribution in [0.15, 0.2) is 18.5 Å². The molecule has 58 valence electrons. The van der Waals surface area contributed by atoms with Gasteiger partial charge in [-0.15, -0.1) is 0 Å². The number of aromatic amines is 1. The van der Waals surface area contributed by atoms with Crippen molar-refractivity contribution in [1.29, 1.82) is 0 Å². The standard InChI is InChI=1S/C3H4N2.BO3.Cu/c1-2-4-5-3-1;2-1(3)4;/h1-3H,(H,4,5);;/q;-3;+3. The fourth-order valence-electron chi connectivity index (χ4n) is 0.215. The predicted octanol–water partition coefficient (Wildman–Crippen LogP) is -3.54. The Kier molecular flexibility index (Phi) is 10.7. The van der Waals surface area contributed by atoms with Gasteiger partial charge in [-0.25, -0.2) is 0 Å². The van der Waals surface area contributed by atoms with Crippen molar-refractivity contribution in [2.45, 2.75) is 0 Å². The molecule has 1 heterocycles. The van der Waals surface area contributed by atoms with Gasteiger partial charge < -0.3 is 15.1 Å². The van der Waals surface area contributed by atoms with Crippen molar-refractivity contribution in [3.63, 3.8) is 0 Å². The third-order valence-electron chi connectivity index (χ3n) is 0.406. The monoisotopic (exact) mass is 190 g/mol. The van der Waals surface area contributed by atoms with E-state index in [0.717, 1.165) is 0 Å². The minimum atomic E-state index is -2.92. The third-order valence-corrected chi connectivity index (χ3v) is 0.406. The number of hydrogen-bond donors (Lipinski definition) is 1. The summed E-state index contributed by atoms with van der Waals surface area (Å²) < 4.78 is 0. The van der Waals surface area contributed by atoms with Gasteiger partial charge in [0.2, 0.25) is 0 Å². The summed E-state index contributed by atoms with van der Waals surface area (Å²) in [6, 6.07) is 1.83. The summed E-state index contributed by atoms with van der Waals surface area (Å²) in [5.41, 5.74) is 0. The van der Waals surface area contributed by atoms with Gasteiger partial charge in [-0.3, -0.25) is 12.4 Å². The van der Waals surface area contributed by atoms with E-state index in [1.54, 1.807) is 12.4 Å². The predicted molar refractivity (Wildman–Crippen MR) is 24.3 cm³/mol. The van der Waals surface area contributed by atoms with Crippen LogP contribution in [0.3, 0.4) is 0 Å². The van der Waals surface area contributed by atoms with Gasteiger partial charge in [0, 0.05) is 12.4 Å². The molecule has 7 heteroatoms. The summed E-state index contributed by atoms with van der Waals surface area (Å²) in [6.07, 6.45) is 3.46. The fraction of sp³-hybridized carbons (Fsp3) is 0. The first-order valence-corrected chi connectivity index (χ1v) is 2.14. The van der Waals surface area contributed by atoms with E-state index in [-0.39, 0.29) is 17.1 Å². The Labute approximate surface area is 68.7 Å². The first-order valence-electron chi connectivity index (χ1n) is 2.14. The zero-order valence-electron chi connectivity index (χ0n) is 4.78. The van der Waals surface area contributed by atoms with Crippen molar-refractivity contribution >= 4 is 7.32 Å². The second-order valence-electron chi connectivity index (χ2n) is 1.06. The molecule has 1 aromatic heterocycles. The minimum absolute atomic E-state index is 0. The molecule has 0 spiro atoms. The van der Waals surface area contributed by atoms with Gasteiger partial charge in [0.1, 0.15) is 0 Å². The summed E-state index contributed by atoms with van der Waals surface area (Å²) >= 11 is 0. The molecule has 0 saturated heterocycles. The summed E-state index contributed by atoms with van der Waals surface area (Å²) in [7, 11) is -2.92. The van der Waals surface area contributed by atoms with E-state index in [0.29, 0.717) is 0 Å². The van der Waals surface area contributed by atoms with E-state index in [4.69, 9.17) is 15.1 Å². The Morgan fingerprint density at radius 2 is 1.80 bits per heavy atom. The number of nitrogens with zero attached hydrogens (tertiary/aromatic N) is 1. The van der Waals surface area contributed by atoms with E-state index in [2.05, 4.69) is 10.2 Å². The van der Waals surface area contributed by atoms with Crippen LogP contribution in [-0.4, -0.2) is 17.5 Å². The Balaban J connectivity index is 0. The summed E-state index contributed by atoms with van der Waals surface area (Å²) in [5.74, 6) is 0. The Bertz CT molecular complexity index is 105. The number of hydrogen-bond acceptors (Lipinski definition) is 4. The number of aromatic nitrogens is 2. The van der Waals surface area contributed by atoms with Crippen LogP contribution in [0, 0.1) is 0 Å². The molecule has 0 aliphatic carbocycles. The van der Waals surface area contributed by atoms with Crippen LogP contribution in [0.2, 0.25) is 0 Å². The van der Waals surface area contributed by atoms with Crippen molar-refractivity contribution in [3.05, 3.63) is 18.5 Å². The normalized spacial score (nSPS) is 6.70. The Hall–Kier alpha value is -0.326. The van der Waals surface area contributed by atoms with Crippen molar-refractivity contribution in [1.82, 2.24) is 10.2 Å². The molecule has 0 bridgehead atoms. The maximum absolute atomic E-state index is 8.42. The minimum Gasteiger partial charge on any atom is -0.907 e. The first-order chi connectivity index (χ1) is 4.23. The molecular weight excluding hydrogens is 186 g/mol. The molecule has 0 aliphatic heterocycles. The SMILES string of the molecule is [Cu+3].[O-]B([O-])[O-].c1cn[nH]c1. The quantitative estimate of drug-likeness (QED) is 0.429. The van der Waals surface area contributed by atoms with Crippen LogP contribution < -0.4 is 15.1 Å². The van der Waals surface area contributed by atoms with E-state index in [1.807, 2.05) is 6.07 Å². The third kappa shape index (κ3) is 15.6. The Morgan fingerprint density at radius 3 is 1.90 bits per heavy atom. The van der Waals surface area contributed by atoms with Gasteiger partial charge in [-0.2, -0.15) is 5.10 Å². The average Bonchev–Trinajstić information content (AvgIpc) is 2.11. The van der Waals surface area contributed by atoms with E-state index in [9.17, 15) is 0 Å². The molecule has 5 nitrogen and oxygen atoms in total. The first kappa shape index (κ1) is 12.4. The van der Waals surface area contributed by atoms with Crippen LogP contribution >= 0.6 is 0 Å². The van der Waals surface area contributed by atoms with Gasteiger partial charge in [0.15, 0.2) is 0 Å². The van der Waals surface area contributed by atoms with Crippen LogP contribution in [0.1, 0.15) is 0 Å². The van der Waals surface area contributed by atoms with Crippen LogP contribution in [-0.2, 0) is 17.1 Å².